The van der Waals surface area contributed by atoms with Gasteiger partial charge in [0.15, 0.2) is 0 Å². The molecule has 0 aromatic carbocycles. The van der Waals surface area contributed by atoms with Gasteiger partial charge in [-0.1, -0.05) is 234 Å². The molecule has 0 heteroatoms. The van der Waals surface area contributed by atoms with Crippen LogP contribution in [0.3, 0.4) is 0 Å². The minimum Gasteiger partial charge on any atom is -0.0654 e. The largest absolute Gasteiger partial charge is 0.0654 e. The molecule has 4 atom stereocenters. The minimum atomic E-state index is 0.955. The van der Waals surface area contributed by atoms with Crippen LogP contribution < -0.4 is 0 Å². The fourth-order valence-electron chi connectivity index (χ4n) is 6.79. The molecule has 0 saturated carbocycles. The van der Waals surface area contributed by atoms with Crippen LogP contribution in [-0.4, -0.2) is 0 Å². The lowest BCUT2D eigenvalue weighted by atomic mass is 9.93. The standard InChI is InChI=1S/C40H82/c1-7-9-11-14-22-30-38(4)34-26-19-20-28-36-40(6)32-24-16-13-15-23-31-39(5)35-27-18-17-25-33-37(3)29-21-12-10-8-2/h37-40H,7-36H2,1-6H3. The summed E-state index contributed by atoms with van der Waals surface area (Å²) in [6.45, 7) is 14.6. The van der Waals surface area contributed by atoms with Gasteiger partial charge in [-0.25, -0.2) is 0 Å². The van der Waals surface area contributed by atoms with Gasteiger partial charge in [0, 0.05) is 0 Å². The summed E-state index contributed by atoms with van der Waals surface area (Å²) < 4.78 is 0. The normalized spacial score (nSPS) is 14.8. The van der Waals surface area contributed by atoms with Crippen molar-refractivity contribution in [3.63, 3.8) is 0 Å². The van der Waals surface area contributed by atoms with Crippen LogP contribution in [0.4, 0.5) is 0 Å². The van der Waals surface area contributed by atoms with E-state index in [1.807, 2.05) is 0 Å². The third-order valence-corrected chi connectivity index (χ3v) is 10.0. The molecule has 0 aliphatic rings. The molecule has 0 radical (unpaired) electrons. The van der Waals surface area contributed by atoms with E-state index in [9.17, 15) is 0 Å². The second kappa shape index (κ2) is 31.9. The molecule has 0 spiro atoms. The molecule has 0 aliphatic heterocycles. The van der Waals surface area contributed by atoms with E-state index >= 15 is 0 Å². The highest BCUT2D eigenvalue weighted by Crippen LogP contribution is 2.23. The third-order valence-electron chi connectivity index (χ3n) is 10.0. The molecular weight excluding hydrogens is 480 g/mol. The third kappa shape index (κ3) is 30.9. The van der Waals surface area contributed by atoms with Crippen molar-refractivity contribution in [3.8, 4) is 0 Å². The smallest absolute Gasteiger partial charge is 0.0443 e. The summed E-state index contributed by atoms with van der Waals surface area (Å²) in [6.07, 6.45) is 43.9. The predicted octanol–water partition coefficient (Wildman–Crippen LogP) is 15.3. The predicted molar refractivity (Wildman–Crippen MR) is 187 cm³/mol. The van der Waals surface area contributed by atoms with E-state index in [1.165, 1.54) is 193 Å². The van der Waals surface area contributed by atoms with E-state index in [0.29, 0.717) is 0 Å². The van der Waals surface area contributed by atoms with Gasteiger partial charge in [0.05, 0.1) is 0 Å². The van der Waals surface area contributed by atoms with E-state index in [-0.39, 0.29) is 0 Å². The highest BCUT2D eigenvalue weighted by Gasteiger charge is 2.06. The Hall–Kier alpha value is 0. The quantitative estimate of drug-likeness (QED) is 0.0698. The summed E-state index contributed by atoms with van der Waals surface area (Å²) in [6, 6.07) is 0. The van der Waals surface area contributed by atoms with Crippen LogP contribution in [0.15, 0.2) is 0 Å². The number of unbranched alkanes of at least 4 members (excludes halogenated alkanes) is 17. The van der Waals surface area contributed by atoms with Crippen LogP contribution in [0.2, 0.25) is 0 Å². The molecule has 0 aliphatic carbocycles. The van der Waals surface area contributed by atoms with E-state index < -0.39 is 0 Å². The second-order valence-electron chi connectivity index (χ2n) is 14.8. The molecule has 0 aromatic rings. The number of hydrogen-bond acceptors (Lipinski definition) is 0. The summed E-state index contributed by atoms with van der Waals surface area (Å²) >= 11 is 0. The van der Waals surface area contributed by atoms with Gasteiger partial charge in [-0.15, -0.1) is 0 Å². The second-order valence-corrected chi connectivity index (χ2v) is 14.8. The minimum absolute atomic E-state index is 0.955. The lowest BCUT2D eigenvalue weighted by molar-refractivity contribution is 0.405. The van der Waals surface area contributed by atoms with Crippen molar-refractivity contribution in [1.29, 1.82) is 0 Å². The zero-order valence-electron chi connectivity index (χ0n) is 29.5. The maximum atomic E-state index is 2.51. The Bertz CT molecular complexity index is 453. The molecule has 0 N–H and O–H groups in total. The molecule has 40 heavy (non-hydrogen) atoms. The Morgan fingerprint density at radius 3 is 0.575 bits per heavy atom. The zero-order chi connectivity index (χ0) is 29.5. The summed E-state index contributed by atoms with van der Waals surface area (Å²) in [5.41, 5.74) is 0. The highest BCUT2D eigenvalue weighted by atomic mass is 14.1. The van der Waals surface area contributed by atoms with Crippen LogP contribution in [0.1, 0.15) is 234 Å². The van der Waals surface area contributed by atoms with Crippen molar-refractivity contribution in [2.45, 2.75) is 234 Å². The SMILES string of the molecule is CCCCCCCC(C)CCCCCCC(C)CCCCCCCC(C)CCCCCCC(C)CCCCCC. The Kier molecular flexibility index (Phi) is 31.9. The van der Waals surface area contributed by atoms with Crippen molar-refractivity contribution in [1.82, 2.24) is 0 Å². The van der Waals surface area contributed by atoms with Gasteiger partial charge in [0.2, 0.25) is 0 Å². The van der Waals surface area contributed by atoms with Crippen LogP contribution in [0, 0.1) is 23.7 Å². The molecule has 242 valence electrons. The molecule has 0 saturated heterocycles. The summed E-state index contributed by atoms with van der Waals surface area (Å²) in [5.74, 6) is 3.83. The van der Waals surface area contributed by atoms with E-state index in [4.69, 9.17) is 0 Å². The average Bonchev–Trinajstić information content (AvgIpc) is 2.94. The van der Waals surface area contributed by atoms with E-state index in [1.54, 1.807) is 0 Å². The lowest BCUT2D eigenvalue weighted by Gasteiger charge is -2.13. The molecule has 0 fully saturated rings. The van der Waals surface area contributed by atoms with Crippen molar-refractivity contribution in [2.75, 3.05) is 0 Å². The van der Waals surface area contributed by atoms with Gasteiger partial charge in [-0.3, -0.25) is 0 Å². The maximum Gasteiger partial charge on any atom is -0.0443 e. The van der Waals surface area contributed by atoms with E-state index in [2.05, 4.69) is 41.5 Å². The first kappa shape index (κ1) is 40.0. The monoisotopic (exact) mass is 563 g/mol. The van der Waals surface area contributed by atoms with Crippen LogP contribution >= 0.6 is 0 Å². The first-order valence-corrected chi connectivity index (χ1v) is 19.5. The van der Waals surface area contributed by atoms with Crippen LogP contribution in [0.5, 0.6) is 0 Å². The molecule has 0 bridgehead atoms. The molecule has 0 amide bonds. The molecular formula is C40H82. The molecule has 0 nitrogen and oxygen atoms in total. The Labute approximate surface area is 257 Å². The van der Waals surface area contributed by atoms with Crippen molar-refractivity contribution >= 4 is 0 Å². The number of rotatable bonds is 33. The zero-order valence-corrected chi connectivity index (χ0v) is 29.5. The van der Waals surface area contributed by atoms with Crippen LogP contribution in [-0.2, 0) is 0 Å². The fraction of sp³-hybridized carbons (Fsp3) is 1.00. The van der Waals surface area contributed by atoms with Crippen molar-refractivity contribution in [3.05, 3.63) is 0 Å². The first-order valence-electron chi connectivity index (χ1n) is 19.5. The number of hydrogen-bond donors (Lipinski definition) is 0. The average molecular weight is 563 g/mol. The lowest BCUT2D eigenvalue weighted by Crippen LogP contribution is -1.97. The van der Waals surface area contributed by atoms with Gasteiger partial charge >= 0.3 is 0 Å². The summed E-state index contributed by atoms with van der Waals surface area (Å²) in [4.78, 5) is 0. The molecule has 0 aromatic heterocycles. The molecule has 4 unspecified atom stereocenters. The van der Waals surface area contributed by atoms with Crippen molar-refractivity contribution in [2.24, 2.45) is 23.7 Å². The molecule has 0 rings (SSSR count). The van der Waals surface area contributed by atoms with Gasteiger partial charge < -0.3 is 0 Å². The van der Waals surface area contributed by atoms with Crippen molar-refractivity contribution < 1.29 is 0 Å². The van der Waals surface area contributed by atoms with Gasteiger partial charge in [0.1, 0.15) is 0 Å². The van der Waals surface area contributed by atoms with E-state index in [0.717, 1.165) is 23.7 Å². The summed E-state index contributed by atoms with van der Waals surface area (Å²) in [5, 5.41) is 0. The van der Waals surface area contributed by atoms with Gasteiger partial charge in [0.25, 0.3) is 0 Å². The fourth-order valence-corrected chi connectivity index (χ4v) is 6.79. The Balaban J connectivity index is 3.37. The van der Waals surface area contributed by atoms with Gasteiger partial charge in [-0.05, 0) is 23.7 Å². The highest BCUT2D eigenvalue weighted by molar-refractivity contribution is 4.60. The Morgan fingerprint density at radius 1 is 0.225 bits per heavy atom. The molecule has 0 heterocycles. The maximum absolute atomic E-state index is 2.51. The topological polar surface area (TPSA) is 0 Å². The summed E-state index contributed by atoms with van der Waals surface area (Å²) in [7, 11) is 0. The Morgan fingerprint density at radius 2 is 0.375 bits per heavy atom. The first-order chi connectivity index (χ1) is 19.5. The van der Waals surface area contributed by atoms with Gasteiger partial charge in [-0.2, -0.15) is 0 Å². The van der Waals surface area contributed by atoms with Crippen LogP contribution in [0.25, 0.3) is 0 Å².